The largest absolute Gasteiger partial charge is 0.473 e. The number of rotatable bonds is 11. The summed E-state index contributed by atoms with van der Waals surface area (Å²) in [7, 11) is 0. The molecule has 0 spiro atoms. The predicted octanol–water partition coefficient (Wildman–Crippen LogP) is 8.09. The fourth-order valence-electron chi connectivity index (χ4n) is 4.07. The number of halogens is 1. The summed E-state index contributed by atoms with van der Waals surface area (Å²) < 4.78 is 24.9. The first kappa shape index (κ1) is 27.0. The molecular weight excluding hydrogens is 453 g/mol. The minimum atomic E-state index is -0.341. The van der Waals surface area contributed by atoms with Crippen LogP contribution >= 0.6 is 0 Å². The number of hydrogen-bond acceptors (Lipinski definition) is 5. The minimum Gasteiger partial charge on any atom is -0.473 e. The zero-order valence-corrected chi connectivity index (χ0v) is 21.8. The molecule has 6 heteroatoms. The van der Waals surface area contributed by atoms with Crippen LogP contribution in [0.2, 0.25) is 0 Å². The van der Waals surface area contributed by atoms with Crippen molar-refractivity contribution in [3.05, 3.63) is 83.1 Å². The van der Waals surface area contributed by atoms with Gasteiger partial charge in [-0.05, 0) is 73.7 Å². The van der Waals surface area contributed by atoms with E-state index in [2.05, 4.69) is 44.7 Å². The van der Waals surface area contributed by atoms with Gasteiger partial charge in [0.05, 0.1) is 5.56 Å². The molecule has 1 heterocycles. The van der Waals surface area contributed by atoms with Gasteiger partial charge >= 0.3 is 0 Å². The lowest BCUT2D eigenvalue weighted by molar-refractivity contribution is 0.281. The first-order chi connectivity index (χ1) is 17.4. The van der Waals surface area contributed by atoms with Crippen molar-refractivity contribution in [1.29, 1.82) is 5.26 Å². The Bertz CT molecular complexity index is 1150. The Hall–Kier alpha value is -3.59. The maximum Gasteiger partial charge on any atom is 0.217 e. The third kappa shape index (κ3) is 7.71. The first-order valence-electron chi connectivity index (χ1n) is 12.8. The molecule has 0 saturated heterocycles. The molecule has 5 nitrogen and oxygen atoms in total. The molecule has 0 N–H and O–H groups in total. The third-order valence-electron chi connectivity index (χ3n) is 6.03. The van der Waals surface area contributed by atoms with E-state index in [1.165, 1.54) is 49.9 Å². The molecule has 2 aromatic rings. The summed E-state index contributed by atoms with van der Waals surface area (Å²) in [4.78, 5) is 7.06. The molecule has 1 aliphatic rings. The van der Waals surface area contributed by atoms with Crippen LogP contribution in [-0.4, -0.2) is 17.3 Å². The van der Waals surface area contributed by atoms with Crippen molar-refractivity contribution in [1.82, 2.24) is 4.90 Å². The molecule has 190 valence electrons. The zero-order chi connectivity index (χ0) is 25.9. The van der Waals surface area contributed by atoms with Gasteiger partial charge in [0.2, 0.25) is 5.90 Å². The summed E-state index contributed by atoms with van der Waals surface area (Å²) in [5.74, 6) is 2.61. The number of nitriles is 1. The summed E-state index contributed by atoms with van der Waals surface area (Å²) in [6.07, 6.45) is 9.99. The summed E-state index contributed by atoms with van der Waals surface area (Å²) >= 11 is 0. The smallest absolute Gasteiger partial charge is 0.217 e. The second-order valence-electron chi connectivity index (χ2n) is 9.20. The highest BCUT2D eigenvalue weighted by molar-refractivity contribution is 5.90. The average Bonchev–Trinajstić information content (AvgIpc) is 2.87. The third-order valence-corrected chi connectivity index (χ3v) is 6.03. The van der Waals surface area contributed by atoms with E-state index in [0.29, 0.717) is 28.9 Å². The monoisotopic (exact) mass is 489 g/mol. The summed E-state index contributed by atoms with van der Waals surface area (Å²) in [5, 5.41) is 9.60. The molecule has 0 aliphatic carbocycles. The van der Waals surface area contributed by atoms with Crippen molar-refractivity contribution in [2.75, 3.05) is 6.54 Å². The van der Waals surface area contributed by atoms with E-state index in [4.69, 9.17) is 14.5 Å². The van der Waals surface area contributed by atoms with Crippen molar-refractivity contribution in [2.24, 2.45) is 10.9 Å². The van der Waals surface area contributed by atoms with E-state index in [0.717, 1.165) is 30.0 Å². The maximum absolute atomic E-state index is 13.1. The van der Waals surface area contributed by atoms with Gasteiger partial charge in [-0.1, -0.05) is 46.1 Å². The van der Waals surface area contributed by atoms with Crippen LogP contribution in [-0.2, 0) is 11.3 Å². The van der Waals surface area contributed by atoms with Crippen LogP contribution in [0.1, 0.15) is 70.9 Å². The standard InChI is InChI=1S/C30H36FN3O2/c1-5-7-8-10-22(3)20-34-23(4)17-30(33-29(34)9-6-2)35-21-24-11-16-28(25(18-24)19-32)36-27-14-12-26(31)13-15-27/h9,11-18,22H,5-8,10,20-21H2,1-4H3/b29-9-. The minimum absolute atomic E-state index is 0.279. The van der Waals surface area contributed by atoms with Gasteiger partial charge in [-0.15, -0.1) is 0 Å². The number of nitrogens with zero attached hydrogens (tertiary/aromatic N) is 3. The molecule has 0 aromatic heterocycles. The van der Waals surface area contributed by atoms with Gasteiger partial charge in [0.1, 0.15) is 35.8 Å². The van der Waals surface area contributed by atoms with Crippen molar-refractivity contribution in [3.8, 4) is 17.6 Å². The molecular formula is C30H36FN3O2. The summed E-state index contributed by atoms with van der Waals surface area (Å²) in [6.45, 7) is 9.96. The number of allylic oxidation sites excluding steroid dienone is 2. The highest BCUT2D eigenvalue weighted by atomic mass is 19.1. The van der Waals surface area contributed by atoms with Gasteiger partial charge in [-0.2, -0.15) is 10.3 Å². The van der Waals surface area contributed by atoms with Crippen LogP contribution in [0.5, 0.6) is 11.5 Å². The van der Waals surface area contributed by atoms with Gasteiger partial charge in [0.15, 0.2) is 0 Å². The number of benzene rings is 2. The van der Waals surface area contributed by atoms with Crippen LogP contribution in [0.3, 0.4) is 0 Å². The molecule has 0 fully saturated rings. The molecule has 1 atom stereocenters. The van der Waals surface area contributed by atoms with Gasteiger partial charge in [-0.3, -0.25) is 0 Å². The molecule has 1 aliphatic heterocycles. The molecule has 2 aromatic carbocycles. The Morgan fingerprint density at radius 1 is 1.14 bits per heavy atom. The SMILES string of the molecule is CC/C=C1/N=C(OCc2ccc(Oc3ccc(F)cc3)c(C#N)c2)C=C(C)N1CC(C)CCCCC. The second kappa shape index (κ2) is 13.5. The van der Waals surface area contributed by atoms with Gasteiger partial charge < -0.3 is 14.4 Å². The normalized spacial score (nSPS) is 15.2. The lowest BCUT2D eigenvalue weighted by atomic mass is 10.0. The Balaban J connectivity index is 1.66. The molecule has 0 amide bonds. The van der Waals surface area contributed by atoms with Gasteiger partial charge in [-0.25, -0.2) is 4.39 Å². The van der Waals surface area contributed by atoms with E-state index in [1.54, 1.807) is 12.1 Å². The molecule has 36 heavy (non-hydrogen) atoms. The molecule has 3 rings (SSSR count). The lowest BCUT2D eigenvalue weighted by Gasteiger charge is -2.31. The van der Waals surface area contributed by atoms with Crippen LogP contribution in [0, 0.1) is 23.1 Å². The van der Waals surface area contributed by atoms with Crippen LogP contribution in [0.4, 0.5) is 4.39 Å². The molecule has 0 saturated carbocycles. The average molecular weight is 490 g/mol. The predicted molar refractivity (Wildman–Crippen MR) is 142 cm³/mol. The number of ether oxygens (including phenoxy) is 2. The number of aliphatic imine (C=N–C) groups is 1. The molecule has 0 radical (unpaired) electrons. The fourth-order valence-corrected chi connectivity index (χ4v) is 4.07. The van der Waals surface area contributed by atoms with Crippen LogP contribution < -0.4 is 4.74 Å². The lowest BCUT2D eigenvalue weighted by Crippen LogP contribution is -2.30. The number of hydrogen-bond donors (Lipinski definition) is 0. The van der Waals surface area contributed by atoms with Crippen LogP contribution in [0.25, 0.3) is 0 Å². The van der Waals surface area contributed by atoms with Gasteiger partial charge in [0.25, 0.3) is 0 Å². The van der Waals surface area contributed by atoms with E-state index in [1.807, 2.05) is 12.1 Å². The van der Waals surface area contributed by atoms with Gasteiger partial charge in [0, 0.05) is 18.3 Å². The topological polar surface area (TPSA) is 57.9 Å². The fraction of sp³-hybridized carbons (Fsp3) is 0.400. The Morgan fingerprint density at radius 2 is 1.92 bits per heavy atom. The van der Waals surface area contributed by atoms with Crippen LogP contribution in [0.15, 0.2) is 71.1 Å². The Morgan fingerprint density at radius 3 is 2.61 bits per heavy atom. The Labute approximate surface area is 214 Å². The maximum atomic E-state index is 13.1. The quantitative estimate of drug-likeness (QED) is 0.299. The van der Waals surface area contributed by atoms with E-state index >= 15 is 0 Å². The first-order valence-corrected chi connectivity index (χ1v) is 12.8. The summed E-state index contributed by atoms with van der Waals surface area (Å²) in [6, 6.07) is 13.2. The van der Waals surface area contributed by atoms with Crippen molar-refractivity contribution in [3.63, 3.8) is 0 Å². The Kier molecular flexibility index (Phi) is 10.1. The molecule has 1 unspecified atom stereocenters. The highest BCUT2D eigenvalue weighted by Crippen LogP contribution is 2.27. The van der Waals surface area contributed by atoms with E-state index in [9.17, 15) is 9.65 Å². The van der Waals surface area contributed by atoms with E-state index < -0.39 is 0 Å². The highest BCUT2D eigenvalue weighted by Gasteiger charge is 2.20. The summed E-state index contributed by atoms with van der Waals surface area (Å²) in [5.41, 5.74) is 2.33. The molecule has 0 bridgehead atoms. The van der Waals surface area contributed by atoms with E-state index in [-0.39, 0.29) is 12.4 Å². The zero-order valence-electron chi connectivity index (χ0n) is 21.8. The van der Waals surface area contributed by atoms with Crippen molar-refractivity contribution >= 4 is 5.90 Å². The second-order valence-corrected chi connectivity index (χ2v) is 9.20. The number of unbranched alkanes of at least 4 members (excludes halogenated alkanes) is 2. The van der Waals surface area contributed by atoms with Crippen molar-refractivity contribution in [2.45, 2.75) is 66.4 Å². The van der Waals surface area contributed by atoms with Crippen molar-refractivity contribution < 1.29 is 13.9 Å².